The summed E-state index contributed by atoms with van der Waals surface area (Å²) in [6.07, 6.45) is 2.24. The lowest BCUT2D eigenvalue weighted by Gasteiger charge is -2.51. The number of carboxylic acid groups (broad SMARTS) is 1. The Morgan fingerprint density at radius 3 is 2.42 bits per heavy atom. The third-order valence-corrected chi connectivity index (χ3v) is 4.66. The summed E-state index contributed by atoms with van der Waals surface area (Å²) in [5, 5.41) is 14.6. The molecule has 2 aliphatic rings. The molecule has 0 aromatic heterocycles. The average molecular weight is 270 g/mol. The molecule has 0 aromatic carbocycles. The predicted molar refractivity (Wildman–Crippen MR) is 68.8 cm³/mol. The number of nitrogens with one attached hydrogen (secondary N) is 2. The fourth-order valence-corrected chi connectivity index (χ4v) is 2.61. The zero-order valence-electron chi connectivity index (χ0n) is 11.7. The third kappa shape index (κ3) is 2.54. The maximum absolute atomic E-state index is 11.8. The first-order chi connectivity index (χ1) is 8.82. The Balaban J connectivity index is 1.76. The number of amides is 2. The Bertz CT molecular complexity index is 390. The van der Waals surface area contributed by atoms with Crippen LogP contribution in [0.4, 0.5) is 4.79 Å². The van der Waals surface area contributed by atoms with Crippen LogP contribution in [0.1, 0.15) is 33.1 Å². The van der Waals surface area contributed by atoms with E-state index in [-0.39, 0.29) is 30.1 Å². The van der Waals surface area contributed by atoms with E-state index in [0.717, 1.165) is 6.42 Å². The first-order valence-electron chi connectivity index (χ1n) is 6.62. The van der Waals surface area contributed by atoms with E-state index < -0.39 is 11.4 Å². The van der Waals surface area contributed by atoms with Gasteiger partial charge < -0.3 is 20.5 Å². The Hall–Kier alpha value is -1.30. The topological polar surface area (TPSA) is 87.7 Å². The quantitative estimate of drug-likeness (QED) is 0.694. The Kier molecular flexibility index (Phi) is 3.47. The molecule has 19 heavy (non-hydrogen) atoms. The average Bonchev–Trinajstić information content (AvgIpc) is 3.12. The summed E-state index contributed by atoms with van der Waals surface area (Å²) < 4.78 is 5.32. The molecule has 2 fully saturated rings. The molecule has 0 bridgehead atoms. The van der Waals surface area contributed by atoms with Crippen molar-refractivity contribution in [2.45, 2.75) is 45.3 Å². The second-order valence-corrected chi connectivity index (χ2v) is 6.25. The second-order valence-electron chi connectivity index (χ2n) is 6.25. The van der Waals surface area contributed by atoms with Gasteiger partial charge in [0.05, 0.1) is 11.5 Å². The van der Waals surface area contributed by atoms with Gasteiger partial charge in [-0.2, -0.15) is 0 Å². The fraction of sp³-hybridized carbons (Fsp3) is 0.846. The number of rotatable bonds is 5. The molecule has 0 aliphatic heterocycles. The van der Waals surface area contributed by atoms with Crippen LogP contribution in [0.5, 0.6) is 0 Å². The van der Waals surface area contributed by atoms with Gasteiger partial charge in [0.25, 0.3) is 0 Å². The molecule has 2 aliphatic carbocycles. The number of ether oxygens (including phenoxy) is 1. The van der Waals surface area contributed by atoms with E-state index in [0.29, 0.717) is 12.8 Å². The smallest absolute Gasteiger partial charge is 0.315 e. The van der Waals surface area contributed by atoms with Crippen molar-refractivity contribution in [2.24, 2.45) is 10.8 Å². The van der Waals surface area contributed by atoms with Gasteiger partial charge in [-0.3, -0.25) is 4.79 Å². The number of aliphatic carboxylic acids is 1. The van der Waals surface area contributed by atoms with Crippen LogP contribution in [-0.4, -0.2) is 42.9 Å². The van der Waals surface area contributed by atoms with Crippen molar-refractivity contribution in [3.05, 3.63) is 0 Å². The maximum Gasteiger partial charge on any atom is 0.315 e. The standard InChI is InChI=1S/C13H22N2O4/c1-12(2)8(6-9(12)19-3)15-11(18)14-7-13(4-5-13)10(16)17/h8-9H,4-7H2,1-3H3,(H,16,17)(H2,14,15,18). The third-order valence-electron chi connectivity index (χ3n) is 4.66. The molecule has 0 spiro atoms. The van der Waals surface area contributed by atoms with Crippen molar-refractivity contribution in [3.8, 4) is 0 Å². The van der Waals surface area contributed by atoms with E-state index in [1.165, 1.54) is 0 Å². The van der Waals surface area contributed by atoms with E-state index in [1.807, 2.05) is 0 Å². The molecule has 6 nitrogen and oxygen atoms in total. The second kappa shape index (κ2) is 4.67. The van der Waals surface area contributed by atoms with Crippen LogP contribution in [-0.2, 0) is 9.53 Å². The number of methoxy groups -OCH3 is 1. The molecule has 2 atom stereocenters. The molecular formula is C13H22N2O4. The van der Waals surface area contributed by atoms with Crippen molar-refractivity contribution in [2.75, 3.05) is 13.7 Å². The number of urea groups is 1. The lowest BCUT2D eigenvalue weighted by molar-refractivity contribution is -0.143. The van der Waals surface area contributed by atoms with Crippen molar-refractivity contribution in [3.63, 3.8) is 0 Å². The van der Waals surface area contributed by atoms with Gasteiger partial charge >= 0.3 is 12.0 Å². The molecule has 3 N–H and O–H groups in total. The Labute approximate surface area is 112 Å². The molecule has 0 heterocycles. The van der Waals surface area contributed by atoms with Gasteiger partial charge in [0.1, 0.15) is 0 Å². The van der Waals surface area contributed by atoms with Crippen molar-refractivity contribution >= 4 is 12.0 Å². The molecule has 2 unspecified atom stereocenters. The summed E-state index contributed by atoms with van der Waals surface area (Å²) in [5.41, 5.74) is -0.808. The number of hydrogen-bond acceptors (Lipinski definition) is 3. The van der Waals surface area contributed by atoms with Crippen molar-refractivity contribution < 1.29 is 19.4 Å². The zero-order valence-corrected chi connectivity index (χ0v) is 11.7. The first kappa shape index (κ1) is 14.1. The van der Waals surface area contributed by atoms with E-state index in [2.05, 4.69) is 24.5 Å². The summed E-state index contributed by atoms with van der Waals surface area (Å²) in [6.45, 7) is 4.31. The summed E-state index contributed by atoms with van der Waals surface area (Å²) in [5.74, 6) is -0.823. The number of carboxylic acids is 1. The molecule has 2 amide bonds. The van der Waals surface area contributed by atoms with E-state index in [4.69, 9.17) is 9.84 Å². The lowest BCUT2D eigenvalue weighted by Crippen LogP contribution is -2.63. The summed E-state index contributed by atoms with van der Waals surface area (Å²) in [4.78, 5) is 22.8. The van der Waals surface area contributed by atoms with Crippen molar-refractivity contribution in [1.82, 2.24) is 10.6 Å². The van der Waals surface area contributed by atoms with Crippen LogP contribution in [0.25, 0.3) is 0 Å². The van der Waals surface area contributed by atoms with Crippen LogP contribution < -0.4 is 10.6 Å². The minimum Gasteiger partial charge on any atom is -0.481 e. The first-order valence-corrected chi connectivity index (χ1v) is 6.62. The highest BCUT2D eigenvalue weighted by atomic mass is 16.5. The number of carbonyl (C=O) groups excluding carboxylic acids is 1. The molecule has 0 aromatic rings. The summed E-state index contributed by atoms with van der Waals surface area (Å²) in [6, 6.07) is -0.224. The largest absolute Gasteiger partial charge is 0.481 e. The monoisotopic (exact) mass is 270 g/mol. The minimum atomic E-state index is -0.823. The summed E-state index contributed by atoms with van der Waals surface area (Å²) >= 11 is 0. The molecule has 108 valence electrons. The van der Waals surface area contributed by atoms with E-state index in [1.54, 1.807) is 7.11 Å². The van der Waals surface area contributed by atoms with E-state index >= 15 is 0 Å². The van der Waals surface area contributed by atoms with Crippen LogP contribution in [0.2, 0.25) is 0 Å². The van der Waals surface area contributed by atoms with Gasteiger partial charge in [-0.1, -0.05) is 13.8 Å². The normalized spacial score (nSPS) is 30.1. The highest BCUT2D eigenvalue weighted by molar-refractivity contribution is 5.80. The Morgan fingerprint density at radius 1 is 1.37 bits per heavy atom. The highest BCUT2D eigenvalue weighted by Crippen LogP contribution is 2.45. The Morgan fingerprint density at radius 2 is 2.00 bits per heavy atom. The molecule has 0 radical (unpaired) electrons. The molecule has 2 rings (SSSR count). The van der Waals surface area contributed by atoms with Crippen LogP contribution in [0.15, 0.2) is 0 Å². The summed E-state index contributed by atoms with van der Waals surface area (Å²) in [7, 11) is 1.67. The molecular weight excluding hydrogens is 248 g/mol. The van der Waals surface area contributed by atoms with Gasteiger partial charge in [-0.15, -0.1) is 0 Å². The molecule has 2 saturated carbocycles. The van der Waals surface area contributed by atoms with Crippen LogP contribution in [0, 0.1) is 10.8 Å². The molecule has 6 heteroatoms. The fourth-order valence-electron chi connectivity index (χ4n) is 2.61. The van der Waals surface area contributed by atoms with E-state index in [9.17, 15) is 9.59 Å². The highest BCUT2D eigenvalue weighted by Gasteiger charge is 2.51. The SMILES string of the molecule is COC1CC(NC(=O)NCC2(C(=O)O)CC2)C1(C)C. The van der Waals surface area contributed by atoms with Gasteiger partial charge in [0.15, 0.2) is 0 Å². The van der Waals surface area contributed by atoms with Gasteiger partial charge in [0, 0.05) is 25.1 Å². The van der Waals surface area contributed by atoms with Gasteiger partial charge in [-0.05, 0) is 19.3 Å². The predicted octanol–water partition coefficient (Wildman–Crippen LogP) is 0.964. The van der Waals surface area contributed by atoms with Crippen LogP contribution >= 0.6 is 0 Å². The number of carbonyl (C=O) groups is 2. The van der Waals surface area contributed by atoms with Crippen molar-refractivity contribution in [1.29, 1.82) is 0 Å². The van der Waals surface area contributed by atoms with Gasteiger partial charge in [0.2, 0.25) is 0 Å². The van der Waals surface area contributed by atoms with Crippen LogP contribution in [0.3, 0.4) is 0 Å². The zero-order chi connectivity index (χ0) is 14.3. The molecule has 0 saturated heterocycles. The van der Waals surface area contributed by atoms with Gasteiger partial charge in [-0.25, -0.2) is 4.79 Å². The maximum atomic E-state index is 11.8. The lowest BCUT2D eigenvalue weighted by atomic mass is 9.64. The minimum absolute atomic E-state index is 0.0671. The number of hydrogen-bond donors (Lipinski definition) is 3.